The van der Waals surface area contributed by atoms with E-state index in [9.17, 15) is 0 Å². The van der Waals surface area contributed by atoms with Gasteiger partial charge < -0.3 is 0 Å². The van der Waals surface area contributed by atoms with E-state index in [2.05, 4.69) is 50.5 Å². The zero-order valence-electron chi connectivity index (χ0n) is 8.22. The highest BCUT2D eigenvalue weighted by atomic mass is 14.0. The normalized spacial score (nSPS) is 8.77. The number of hydrogen-bond acceptors (Lipinski definition) is 0. The molecule has 1 aromatic rings. The summed E-state index contributed by atoms with van der Waals surface area (Å²) in [6.45, 7) is 7.81. The Bertz CT molecular complexity index is 341. The van der Waals surface area contributed by atoms with Gasteiger partial charge in [0.1, 0.15) is 0 Å². The lowest BCUT2D eigenvalue weighted by atomic mass is 10.0. The first-order valence-electron chi connectivity index (χ1n) is 4.41. The summed E-state index contributed by atoms with van der Waals surface area (Å²) in [4.78, 5) is 0. The minimum Gasteiger partial charge on any atom is -0.102 e. The fraction of sp³-hybridized carbons (Fsp3) is 0.231. The van der Waals surface area contributed by atoms with Gasteiger partial charge in [0, 0.05) is 12.0 Å². The highest BCUT2D eigenvalue weighted by Gasteiger charge is 1.96. The van der Waals surface area contributed by atoms with Crippen molar-refractivity contribution in [3.63, 3.8) is 0 Å². The smallest absolute Gasteiger partial charge is 0.0303 e. The molecule has 0 fully saturated rings. The third kappa shape index (κ3) is 2.49. The molecule has 0 aromatic heterocycles. The van der Waals surface area contributed by atoms with E-state index in [4.69, 9.17) is 0 Å². The molecule has 66 valence electrons. The lowest BCUT2D eigenvalue weighted by Gasteiger charge is -2.00. The molecule has 0 amide bonds. The molecule has 0 spiro atoms. The molecule has 0 heteroatoms. The fourth-order valence-electron chi connectivity index (χ4n) is 1.22. The fourth-order valence-corrected chi connectivity index (χ4v) is 1.22. The Morgan fingerprint density at radius 2 is 1.92 bits per heavy atom. The van der Waals surface area contributed by atoms with Gasteiger partial charge in [0.2, 0.25) is 0 Å². The molecule has 0 radical (unpaired) electrons. The van der Waals surface area contributed by atoms with Gasteiger partial charge in [-0.3, -0.25) is 0 Å². The molecule has 0 nitrogen and oxygen atoms in total. The van der Waals surface area contributed by atoms with Gasteiger partial charge >= 0.3 is 0 Å². The van der Waals surface area contributed by atoms with Crippen LogP contribution in [0, 0.1) is 25.7 Å². The molecule has 1 rings (SSSR count). The Balaban J connectivity index is 3.01. The number of allylic oxidation sites excluding steroid dienone is 1. The Hall–Kier alpha value is -1.48. The van der Waals surface area contributed by atoms with Crippen LogP contribution in [0.4, 0.5) is 0 Å². The predicted molar refractivity (Wildman–Crippen MR) is 57.6 cm³/mol. The van der Waals surface area contributed by atoms with E-state index < -0.39 is 0 Å². The van der Waals surface area contributed by atoms with Crippen LogP contribution in [-0.2, 0) is 0 Å². The van der Waals surface area contributed by atoms with Crippen molar-refractivity contribution < 1.29 is 0 Å². The van der Waals surface area contributed by atoms with Crippen molar-refractivity contribution in [1.29, 1.82) is 0 Å². The van der Waals surface area contributed by atoms with Crippen LogP contribution >= 0.6 is 0 Å². The summed E-state index contributed by atoms with van der Waals surface area (Å²) in [5, 5.41) is 0. The number of hydrogen-bond donors (Lipinski definition) is 0. The van der Waals surface area contributed by atoms with Crippen LogP contribution < -0.4 is 0 Å². The molecular weight excluding hydrogens is 156 g/mol. The summed E-state index contributed by atoms with van der Waals surface area (Å²) in [7, 11) is 0. The van der Waals surface area contributed by atoms with Crippen molar-refractivity contribution in [3.05, 3.63) is 47.5 Å². The first-order valence-corrected chi connectivity index (χ1v) is 4.41. The van der Waals surface area contributed by atoms with Crippen molar-refractivity contribution in [2.75, 3.05) is 0 Å². The minimum atomic E-state index is 0.758. The molecular formula is C13H14. The maximum absolute atomic E-state index is 3.63. The average molecular weight is 170 g/mol. The van der Waals surface area contributed by atoms with E-state index in [1.165, 1.54) is 11.1 Å². The van der Waals surface area contributed by atoms with E-state index >= 15 is 0 Å². The molecule has 0 atom stereocenters. The monoisotopic (exact) mass is 170 g/mol. The zero-order valence-corrected chi connectivity index (χ0v) is 8.22. The van der Waals surface area contributed by atoms with Gasteiger partial charge in [-0.1, -0.05) is 36.1 Å². The van der Waals surface area contributed by atoms with E-state index in [-0.39, 0.29) is 0 Å². The molecule has 0 aliphatic rings. The molecule has 0 aliphatic carbocycles. The number of rotatable bonds is 1. The summed E-state index contributed by atoms with van der Waals surface area (Å²) in [5.74, 6) is 6.23. The summed E-state index contributed by atoms with van der Waals surface area (Å²) >= 11 is 0. The second kappa shape index (κ2) is 4.52. The van der Waals surface area contributed by atoms with Gasteiger partial charge in [-0.15, -0.1) is 6.58 Å². The van der Waals surface area contributed by atoms with Gasteiger partial charge in [0.25, 0.3) is 0 Å². The minimum absolute atomic E-state index is 0.758. The summed E-state index contributed by atoms with van der Waals surface area (Å²) in [6, 6.07) is 6.24. The lowest BCUT2D eigenvalue weighted by Crippen LogP contribution is -1.85. The third-order valence-electron chi connectivity index (χ3n) is 1.94. The molecule has 1 aromatic carbocycles. The van der Waals surface area contributed by atoms with Gasteiger partial charge in [-0.25, -0.2) is 0 Å². The SMILES string of the molecule is C=CCC#Cc1c(C)cccc1C. The standard InChI is InChI=1S/C13H14/c1-4-5-6-10-13-11(2)8-7-9-12(13)3/h4,7-9H,1,5H2,2-3H3. The Kier molecular flexibility index (Phi) is 3.34. The Morgan fingerprint density at radius 3 is 2.46 bits per heavy atom. The van der Waals surface area contributed by atoms with Gasteiger partial charge in [0.05, 0.1) is 0 Å². The third-order valence-corrected chi connectivity index (χ3v) is 1.94. The van der Waals surface area contributed by atoms with Gasteiger partial charge in [-0.2, -0.15) is 0 Å². The van der Waals surface area contributed by atoms with Crippen LogP contribution in [0.25, 0.3) is 0 Å². The number of aryl methyl sites for hydroxylation is 2. The van der Waals surface area contributed by atoms with Crippen LogP contribution in [0.2, 0.25) is 0 Å². The average Bonchev–Trinajstić information content (AvgIpc) is 2.10. The molecule has 13 heavy (non-hydrogen) atoms. The molecule has 0 N–H and O–H groups in total. The van der Waals surface area contributed by atoms with E-state index in [1.807, 2.05) is 6.08 Å². The van der Waals surface area contributed by atoms with Crippen LogP contribution in [0.5, 0.6) is 0 Å². The van der Waals surface area contributed by atoms with Crippen LogP contribution in [0.1, 0.15) is 23.1 Å². The highest BCUT2D eigenvalue weighted by molar-refractivity contribution is 5.46. The van der Waals surface area contributed by atoms with Crippen molar-refractivity contribution in [2.24, 2.45) is 0 Å². The van der Waals surface area contributed by atoms with Gasteiger partial charge in [0.15, 0.2) is 0 Å². The molecule has 0 heterocycles. The Labute approximate surface area is 80.3 Å². The zero-order chi connectivity index (χ0) is 9.68. The molecule has 0 bridgehead atoms. The Morgan fingerprint density at radius 1 is 1.31 bits per heavy atom. The summed E-state index contributed by atoms with van der Waals surface area (Å²) in [6.07, 6.45) is 2.58. The molecule has 0 saturated heterocycles. The van der Waals surface area contributed by atoms with Crippen molar-refractivity contribution in [1.82, 2.24) is 0 Å². The predicted octanol–water partition coefficient (Wildman–Crippen LogP) is 3.23. The van der Waals surface area contributed by atoms with Crippen LogP contribution in [-0.4, -0.2) is 0 Å². The van der Waals surface area contributed by atoms with Crippen LogP contribution in [0.15, 0.2) is 30.9 Å². The second-order valence-electron chi connectivity index (χ2n) is 3.06. The second-order valence-corrected chi connectivity index (χ2v) is 3.06. The number of benzene rings is 1. The quantitative estimate of drug-likeness (QED) is 0.448. The lowest BCUT2D eigenvalue weighted by molar-refractivity contribution is 1.34. The van der Waals surface area contributed by atoms with Gasteiger partial charge in [-0.05, 0) is 25.0 Å². The first kappa shape index (κ1) is 9.61. The van der Waals surface area contributed by atoms with Crippen molar-refractivity contribution in [3.8, 4) is 11.8 Å². The van der Waals surface area contributed by atoms with Crippen molar-refractivity contribution in [2.45, 2.75) is 20.3 Å². The summed E-state index contributed by atoms with van der Waals surface area (Å²) < 4.78 is 0. The highest BCUT2D eigenvalue weighted by Crippen LogP contribution is 2.11. The molecule has 0 saturated carbocycles. The van der Waals surface area contributed by atoms with Crippen molar-refractivity contribution >= 4 is 0 Å². The van der Waals surface area contributed by atoms with E-state index in [1.54, 1.807) is 0 Å². The van der Waals surface area contributed by atoms with E-state index in [0.717, 1.165) is 12.0 Å². The summed E-state index contributed by atoms with van der Waals surface area (Å²) in [5.41, 5.74) is 3.65. The van der Waals surface area contributed by atoms with E-state index in [0.29, 0.717) is 0 Å². The topological polar surface area (TPSA) is 0 Å². The molecule has 0 unspecified atom stereocenters. The maximum atomic E-state index is 3.63. The first-order chi connectivity index (χ1) is 6.25. The molecule has 0 aliphatic heterocycles. The van der Waals surface area contributed by atoms with Crippen LogP contribution in [0.3, 0.4) is 0 Å². The maximum Gasteiger partial charge on any atom is 0.0303 e. The largest absolute Gasteiger partial charge is 0.102 e.